The second-order valence-corrected chi connectivity index (χ2v) is 8.64. The summed E-state index contributed by atoms with van der Waals surface area (Å²) in [6, 6.07) is 17.7. The lowest BCUT2D eigenvalue weighted by Crippen LogP contribution is -2.17. The van der Waals surface area contributed by atoms with Crippen LogP contribution >= 0.6 is 11.6 Å². The van der Waals surface area contributed by atoms with E-state index < -0.39 is 12.0 Å². The van der Waals surface area contributed by atoms with Crippen LogP contribution in [0.4, 0.5) is 11.6 Å². The predicted molar refractivity (Wildman–Crippen MR) is 140 cm³/mol. The molecular formula is C26H22ClN7O3. The van der Waals surface area contributed by atoms with E-state index in [-0.39, 0.29) is 5.69 Å². The maximum Gasteiger partial charge on any atom is 0.277 e. The second kappa shape index (κ2) is 10.6. The minimum atomic E-state index is -0.532. The number of carbonyl (C=O) groups excluding carboxylic acids is 1. The molecule has 5 aromatic rings. The first-order valence-electron chi connectivity index (χ1n) is 11.4. The fourth-order valence-electron chi connectivity index (χ4n) is 3.57. The third kappa shape index (κ3) is 5.66. The van der Waals surface area contributed by atoms with Gasteiger partial charge in [0, 0.05) is 53.0 Å². The number of hydrogen-bond donors (Lipinski definition) is 3. The summed E-state index contributed by atoms with van der Waals surface area (Å²) in [5.74, 6) is 1.67. The summed E-state index contributed by atoms with van der Waals surface area (Å²) < 4.78 is 7.15. The summed E-state index contributed by atoms with van der Waals surface area (Å²) in [7, 11) is 0. The van der Waals surface area contributed by atoms with Gasteiger partial charge in [0.15, 0.2) is 11.5 Å². The number of hydrogen-bond acceptors (Lipinski definition) is 8. The zero-order chi connectivity index (χ0) is 25.8. The van der Waals surface area contributed by atoms with Crippen LogP contribution in [0.1, 0.15) is 17.4 Å². The summed E-state index contributed by atoms with van der Waals surface area (Å²) >= 11 is 5.94. The summed E-state index contributed by atoms with van der Waals surface area (Å²) in [4.78, 5) is 26.0. The Bertz CT molecular complexity index is 1530. The molecule has 0 fully saturated rings. The average molecular weight is 516 g/mol. The molecule has 0 radical (unpaired) electrons. The molecule has 0 aliphatic rings. The van der Waals surface area contributed by atoms with Crippen LogP contribution in [-0.2, 0) is 0 Å². The van der Waals surface area contributed by atoms with Crippen molar-refractivity contribution in [3.63, 3.8) is 0 Å². The van der Waals surface area contributed by atoms with E-state index in [2.05, 4.69) is 30.7 Å². The van der Waals surface area contributed by atoms with Crippen LogP contribution < -0.4 is 10.6 Å². The number of anilines is 2. The number of aliphatic hydroxyl groups excluding tert-OH is 1. The monoisotopic (exact) mass is 515 g/mol. The molecule has 1 unspecified atom stereocenters. The number of aromatic nitrogens is 5. The molecular weight excluding hydrogens is 494 g/mol. The maximum absolute atomic E-state index is 12.8. The number of carbonyl (C=O) groups is 1. The van der Waals surface area contributed by atoms with Gasteiger partial charge in [-0.3, -0.25) is 9.36 Å². The molecule has 0 aliphatic heterocycles. The van der Waals surface area contributed by atoms with Gasteiger partial charge in [0.1, 0.15) is 11.6 Å². The van der Waals surface area contributed by atoms with E-state index in [0.717, 1.165) is 11.1 Å². The van der Waals surface area contributed by atoms with Gasteiger partial charge in [-0.2, -0.15) is 4.98 Å². The Balaban J connectivity index is 1.34. The Kier molecular flexibility index (Phi) is 6.93. The lowest BCUT2D eigenvalue weighted by atomic mass is 10.1. The fraction of sp³-hybridized carbons (Fsp3) is 0.115. The Morgan fingerprint density at radius 1 is 1.08 bits per heavy atom. The van der Waals surface area contributed by atoms with Crippen molar-refractivity contribution in [2.75, 3.05) is 17.2 Å². The maximum atomic E-state index is 12.8. The van der Waals surface area contributed by atoms with Gasteiger partial charge in [-0.1, -0.05) is 28.9 Å². The minimum Gasteiger partial charge on any atom is -0.392 e. The molecule has 3 heterocycles. The highest BCUT2D eigenvalue weighted by Gasteiger charge is 2.16. The lowest BCUT2D eigenvalue weighted by molar-refractivity contribution is 0.101. The topological polar surface area (TPSA) is 131 Å². The van der Waals surface area contributed by atoms with Crippen molar-refractivity contribution in [2.45, 2.75) is 13.0 Å². The number of halogens is 1. The van der Waals surface area contributed by atoms with E-state index in [0.29, 0.717) is 40.6 Å². The molecule has 2 aromatic carbocycles. The smallest absolute Gasteiger partial charge is 0.277 e. The number of nitrogens with one attached hydrogen (secondary N) is 2. The number of nitrogens with zero attached hydrogens (tertiary/aromatic N) is 5. The molecule has 3 N–H and O–H groups in total. The molecule has 0 bridgehead atoms. The largest absolute Gasteiger partial charge is 0.392 e. The zero-order valence-corrected chi connectivity index (χ0v) is 20.4. The minimum absolute atomic E-state index is 0.148. The van der Waals surface area contributed by atoms with E-state index in [1.807, 2.05) is 22.8 Å². The van der Waals surface area contributed by atoms with Crippen LogP contribution in [0.25, 0.3) is 28.5 Å². The zero-order valence-electron chi connectivity index (χ0n) is 19.7. The Labute approximate surface area is 217 Å². The number of amides is 1. The number of aliphatic hydroxyl groups is 1. The van der Waals surface area contributed by atoms with Crippen molar-refractivity contribution < 1.29 is 14.4 Å². The average Bonchev–Trinajstić information content (AvgIpc) is 3.59. The van der Waals surface area contributed by atoms with Gasteiger partial charge in [0.2, 0.25) is 5.95 Å². The highest BCUT2D eigenvalue weighted by Crippen LogP contribution is 2.25. The number of imidazole rings is 1. The lowest BCUT2D eigenvalue weighted by Gasteiger charge is -2.11. The SMILES string of the molecule is CC(O)CNc1nccc(-n2ccnc2-c2cccc(NC(=O)c3cc(-c4ccc(Cl)cc4)on3)c2)n1. The Morgan fingerprint density at radius 2 is 1.92 bits per heavy atom. The third-order valence-corrected chi connectivity index (χ3v) is 5.59. The molecule has 0 saturated carbocycles. The normalized spacial score (nSPS) is 11.8. The Hall–Kier alpha value is -4.54. The van der Waals surface area contributed by atoms with Crippen LogP contribution in [-0.4, -0.2) is 48.3 Å². The van der Waals surface area contributed by atoms with Crippen molar-refractivity contribution >= 4 is 29.1 Å². The van der Waals surface area contributed by atoms with Gasteiger partial charge in [0.05, 0.1) is 6.10 Å². The molecule has 11 heteroatoms. The summed E-state index contributed by atoms with van der Waals surface area (Å²) in [5.41, 5.74) is 2.24. The highest BCUT2D eigenvalue weighted by molar-refractivity contribution is 6.30. The molecule has 0 aliphatic carbocycles. The summed E-state index contributed by atoms with van der Waals surface area (Å²) in [6.07, 6.45) is 4.55. The van der Waals surface area contributed by atoms with Crippen molar-refractivity contribution in [3.05, 3.63) is 90.0 Å². The molecule has 1 amide bonds. The van der Waals surface area contributed by atoms with Crippen molar-refractivity contribution in [2.24, 2.45) is 0 Å². The van der Waals surface area contributed by atoms with Crippen molar-refractivity contribution in [1.82, 2.24) is 24.7 Å². The summed E-state index contributed by atoms with van der Waals surface area (Å²) in [6.45, 7) is 2.01. The van der Waals surface area contributed by atoms with E-state index in [9.17, 15) is 9.90 Å². The van der Waals surface area contributed by atoms with E-state index in [1.165, 1.54) is 0 Å². The molecule has 0 saturated heterocycles. The third-order valence-electron chi connectivity index (χ3n) is 5.33. The molecule has 1 atom stereocenters. The standard InChI is InChI=1S/C26H22ClN7O3/c1-16(35)15-30-26-29-10-9-23(32-26)34-12-11-28-24(34)18-3-2-4-20(13-18)31-25(36)21-14-22(37-33-21)17-5-7-19(27)8-6-17/h2-14,16,35H,15H2,1H3,(H,31,36)(H,29,30,32). The quantitative estimate of drug-likeness (QED) is 0.271. The first-order chi connectivity index (χ1) is 18.0. The van der Waals surface area contributed by atoms with Gasteiger partial charge >= 0.3 is 0 Å². The highest BCUT2D eigenvalue weighted by atomic mass is 35.5. The summed E-state index contributed by atoms with van der Waals surface area (Å²) in [5, 5.41) is 19.9. The van der Waals surface area contributed by atoms with Crippen molar-refractivity contribution in [3.8, 4) is 28.5 Å². The van der Waals surface area contributed by atoms with E-state index in [1.54, 1.807) is 68.0 Å². The molecule has 5 rings (SSSR count). The van der Waals surface area contributed by atoms with Gasteiger partial charge in [0.25, 0.3) is 5.91 Å². The van der Waals surface area contributed by atoms with Crippen LogP contribution in [0.5, 0.6) is 0 Å². The van der Waals surface area contributed by atoms with Gasteiger partial charge < -0.3 is 20.3 Å². The molecule has 0 spiro atoms. The predicted octanol–water partition coefficient (Wildman–Crippen LogP) is 4.68. The second-order valence-electron chi connectivity index (χ2n) is 8.21. The number of rotatable bonds is 8. The van der Waals surface area contributed by atoms with E-state index in [4.69, 9.17) is 16.1 Å². The molecule has 3 aromatic heterocycles. The van der Waals surface area contributed by atoms with Crippen molar-refractivity contribution in [1.29, 1.82) is 0 Å². The van der Waals surface area contributed by atoms with Crippen LogP contribution in [0.15, 0.2) is 83.8 Å². The molecule has 186 valence electrons. The van der Waals surface area contributed by atoms with Gasteiger partial charge in [-0.05, 0) is 49.4 Å². The number of benzene rings is 2. The molecule has 37 heavy (non-hydrogen) atoms. The van der Waals surface area contributed by atoms with E-state index >= 15 is 0 Å². The molecule has 10 nitrogen and oxygen atoms in total. The van der Waals surface area contributed by atoms with Crippen LogP contribution in [0.3, 0.4) is 0 Å². The van der Waals surface area contributed by atoms with Gasteiger partial charge in [-0.15, -0.1) is 0 Å². The van der Waals surface area contributed by atoms with Crippen LogP contribution in [0, 0.1) is 0 Å². The first kappa shape index (κ1) is 24.2. The first-order valence-corrected chi connectivity index (χ1v) is 11.8. The Morgan fingerprint density at radius 3 is 2.73 bits per heavy atom. The fourth-order valence-corrected chi connectivity index (χ4v) is 3.70. The van der Waals surface area contributed by atoms with Gasteiger partial charge in [-0.25, -0.2) is 9.97 Å². The van der Waals surface area contributed by atoms with Crippen LogP contribution in [0.2, 0.25) is 5.02 Å².